The van der Waals surface area contributed by atoms with Crippen molar-refractivity contribution in [3.8, 4) is 0 Å². The quantitative estimate of drug-likeness (QED) is 0.798. The average molecular weight is 249 g/mol. The highest BCUT2D eigenvalue weighted by Gasteiger charge is 2.25. The second kappa shape index (κ2) is 5.91. The molecule has 0 atom stereocenters. The lowest BCUT2D eigenvalue weighted by atomic mass is 10.2. The molecule has 1 aromatic heterocycles. The van der Waals surface area contributed by atoms with Crippen molar-refractivity contribution in [3.63, 3.8) is 0 Å². The molecule has 1 fully saturated rings. The molecule has 1 aliphatic carbocycles. The van der Waals surface area contributed by atoms with Crippen molar-refractivity contribution < 1.29 is 9.90 Å². The molecule has 5 heteroatoms. The summed E-state index contributed by atoms with van der Waals surface area (Å²) in [6, 6.07) is 0. The normalized spacial score (nSPS) is 15.0. The van der Waals surface area contributed by atoms with Crippen molar-refractivity contribution in [2.75, 3.05) is 13.1 Å². The summed E-state index contributed by atoms with van der Waals surface area (Å²) in [5.74, 6) is -0.153. The van der Waals surface area contributed by atoms with E-state index in [9.17, 15) is 4.79 Å². The fourth-order valence-corrected chi connectivity index (χ4v) is 2.09. The Labute approximate surface area is 107 Å². The minimum absolute atomic E-state index is 0.217. The molecule has 0 unspecified atom stereocenters. The van der Waals surface area contributed by atoms with Crippen LogP contribution < -0.4 is 0 Å². The third kappa shape index (κ3) is 3.50. The predicted octanol–water partition coefficient (Wildman–Crippen LogP) is 1.80. The maximum atomic E-state index is 11.1. The molecule has 1 aliphatic rings. The molecule has 18 heavy (non-hydrogen) atoms. The van der Waals surface area contributed by atoms with E-state index in [-0.39, 0.29) is 5.56 Å². The van der Waals surface area contributed by atoms with Crippen molar-refractivity contribution in [1.82, 2.24) is 14.9 Å². The Morgan fingerprint density at radius 3 is 2.94 bits per heavy atom. The SMILES string of the molecule is CCCN(Cc1ncncc1C(=O)O)CC1CC1. The Balaban J connectivity index is 2.06. The number of nitrogens with zero attached hydrogens (tertiary/aromatic N) is 3. The van der Waals surface area contributed by atoms with Crippen LogP contribution in [0, 0.1) is 5.92 Å². The van der Waals surface area contributed by atoms with Crippen molar-refractivity contribution in [2.24, 2.45) is 5.92 Å². The summed E-state index contributed by atoms with van der Waals surface area (Å²) in [7, 11) is 0. The van der Waals surface area contributed by atoms with Crippen molar-refractivity contribution in [1.29, 1.82) is 0 Å². The molecule has 0 saturated heterocycles. The highest BCUT2D eigenvalue weighted by molar-refractivity contribution is 5.88. The van der Waals surface area contributed by atoms with Crippen LogP contribution in [0.25, 0.3) is 0 Å². The van der Waals surface area contributed by atoms with Gasteiger partial charge in [0.25, 0.3) is 0 Å². The van der Waals surface area contributed by atoms with Crippen LogP contribution in [-0.4, -0.2) is 39.0 Å². The van der Waals surface area contributed by atoms with E-state index in [1.165, 1.54) is 25.4 Å². The Bertz CT molecular complexity index is 418. The van der Waals surface area contributed by atoms with E-state index in [0.717, 1.165) is 25.4 Å². The highest BCUT2D eigenvalue weighted by atomic mass is 16.4. The van der Waals surface area contributed by atoms with Crippen molar-refractivity contribution in [2.45, 2.75) is 32.7 Å². The Morgan fingerprint density at radius 2 is 2.33 bits per heavy atom. The molecule has 0 aliphatic heterocycles. The first-order valence-electron chi connectivity index (χ1n) is 6.45. The van der Waals surface area contributed by atoms with Crippen LogP contribution in [0.3, 0.4) is 0 Å². The van der Waals surface area contributed by atoms with Gasteiger partial charge in [-0.05, 0) is 31.7 Å². The summed E-state index contributed by atoms with van der Waals surface area (Å²) >= 11 is 0. The van der Waals surface area contributed by atoms with E-state index in [1.54, 1.807) is 0 Å². The van der Waals surface area contributed by atoms with Gasteiger partial charge in [-0.2, -0.15) is 0 Å². The number of aromatic nitrogens is 2. The van der Waals surface area contributed by atoms with Crippen LogP contribution in [0.4, 0.5) is 0 Å². The van der Waals surface area contributed by atoms with E-state index in [1.807, 2.05) is 0 Å². The molecule has 1 heterocycles. The van der Waals surface area contributed by atoms with Gasteiger partial charge in [-0.15, -0.1) is 0 Å². The second-order valence-corrected chi connectivity index (χ2v) is 4.87. The van der Waals surface area contributed by atoms with E-state index in [0.29, 0.717) is 12.2 Å². The highest BCUT2D eigenvalue weighted by Crippen LogP contribution is 2.30. The molecule has 2 rings (SSSR count). The summed E-state index contributed by atoms with van der Waals surface area (Å²) in [6.45, 7) is 4.78. The largest absolute Gasteiger partial charge is 0.478 e. The molecule has 98 valence electrons. The number of carbonyl (C=O) groups is 1. The first kappa shape index (κ1) is 13.0. The lowest BCUT2D eigenvalue weighted by Crippen LogP contribution is -2.28. The average Bonchev–Trinajstić information content (AvgIpc) is 3.13. The van der Waals surface area contributed by atoms with E-state index >= 15 is 0 Å². The van der Waals surface area contributed by atoms with Crippen LogP contribution >= 0.6 is 0 Å². The van der Waals surface area contributed by atoms with Gasteiger partial charge in [-0.25, -0.2) is 14.8 Å². The molecular weight excluding hydrogens is 230 g/mol. The number of carboxylic acids is 1. The van der Waals surface area contributed by atoms with E-state index < -0.39 is 5.97 Å². The monoisotopic (exact) mass is 249 g/mol. The molecule has 0 bridgehead atoms. The summed E-state index contributed by atoms with van der Waals surface area (Å²) in [5, 5.41) is 9.10. The van der Waals surface area contributed by atoms with Gasteiger partial charge in [0.05, 0.1) is 5.69 Å². The fourth-order valence-electron chi connectivity index (χ4n) is 2.09. The molecule has 1 N–H and O–H groups in total. The minimum Gasteiger partial charge on any atom is -0.478 e. The predicted molar refractivity (Wildman–Crippen MR) is 67.3 cm³/mol. The van der Waals surface area contributed by atoms with Crippen LogP contribution in [0.1, 0.15) is 42.2 Å². The zero-order valence-electron chi connectivity index (χ0n) is 10.7. The number of rotatable bonds is 7. The van der Waals surface area contributed by atoms with Gasteiger partial charge < -0.3 is 5.11 Å². The smallest absolute Gasteiger partial charge is 0.339 e. The molecule has 0 radical (unpaired) electrons. The number of carboxylic acid groups (broad SMARTS) is 1. The lowest BCUT2D eigenvalue weighted by molar-refractivity contribution is 0.0693. The van der Waals surface area contributed by atoms with Gasteiger partial charge in [0.15, 0.2) is 0 Å². The van der Waals surface area contributed by atoms with E-state index in [4.69, 9.17) is 5.11 Å². The Kier molecular flexibility index (Phi) is 4.25. The summed E-state index contributed by atoms with van der Waals surface area (Å²) < 4.78 is 0. The van der Waals surface area contributed by atoms with Crippen LogP contribution in [-0.2, 0) is 6.54 Å². The zero-order valence-corrected chi connectivity index (χ0v) is 10.7. The molecule has 0 amide bonds. The molecule has 0 spiro atoms. The van der Waals surface area contributed by atoms with Gasteiger partial charge in [-0.1, -0.05) is 6.92 Å². The second-order valence-electron chi connectivity index (χ2n) is 4.87. The van der Waals surface area contributed by atoms with Crippen LogP contribution in [0.2, 0.25) is 0 Å². The molecule has 0 aromatic carbocycles. The summed E-state index contributed by atoms with van der Waals surface area (Å²) in [5.41, 5.74) is 0.834. The van der Waals surface area contributed by atoms with Gasteiger partial charge in [-0.3, -0.25) is 4.90 Å². The topological polar surface area (TPSA) is 66.3 Å². The fraction of sp³-hybridized carbons (Fsp3) is 0.615. The molecular formula is C13H19N3O2. The lowest BCUT2D eigenvalue weighted by Gasteiger charge is -2.21. The van der Waals surface area contributed by atoms with Gasteiger partial charge in [0.2, 0.25) is 0 Å². The van der Waals surface area contributed by atoms with Crippen molar-refractivity contribution in [3.05, 3.63) is 23.8 Å². The maximum Gasteiger partial charge on any atom is 0.339 e. The first-order valence-corrected chi connectivity index (χ1v) is 6.45. The summed E-state index contributed by atoms with van der Waals surface area (Å²) in [4.78, 5) is 21.3. The third-order valence-corrected chi connectivity index (χ3v) is 3.15. The molecule has 5 nitrogen and oxygen atoms in total. The Hall–Kier alpha value is -1.49. The van der Waals surface area contributed by atoms with Gasteiger partial charge in [0, 0.05) is 19.3 Å². The number of aromatic carboxylic acids is 1. The van der Waals surface area contributed by atoms with E-state index in [2.05, 4.69) is 21.8 Å². The summed E-state index contributed by atoms with van der Waals surface area (Å²) in [6.07, 6.45) is 6.47. The van der Waals surface area contributed by atoms with Gasteiger partial charge in [0.1, 0.15) is 11.9 Å². The molecule has 1 saturated carbocycles. The van der Waals surface area contributed by atoms with Crippen LogP contribution in [0.5, 0.6) is 0 Å². The van der Waals surface area contributed by atoms with Crippen LogP contribution in [0.15, 0.2) is 12.5 Å². The first-order chi connectivity index (χ1) is 8.70. The number of hydrogen-bond donors (Lipinski definition) is 1. The maximum absolute atomic E-state index is 11.1. The minimum atomic E-state index is -0.950. The zero-order chi connectivity index (χ0) is 13.0. The molecule has 1 aromatic rings. The van der Waals surface area contributed by atoms with Crippen molar-refractivity contribution >= 4 is 5.97 Å². The number of hydrogen-bond acceptors (Lipinski definition) is 4. The standard InChI is InChI=1S/C13H19N3O2/c1-2-5-16(7-10-3-4-10)8-12-11(13(17)18)6-14-9-15-12/h6,9-10H,2-5,7-8H2,1H3,(H,17,18). The third-order valence-electron chi connectivity index (χ3n) is 3.15. The van der Waals surface area contributed by atoms with Gasteiger partial charge >= 0.3 is 5.97 Å². The Morgan fingerprint density at radius 1 is 1.56 bits per heavy atom.